The predicted molar refractivity (Wildman–Crippen MR) is 49.5 cm³/mol. The third-order valence-electron chi connectivity index (χ3n) is 1.90. The predicted octanol–water partition coefficient (Wildman–Crippen LogP) is 1.98. The van der Waals surface area contributed by atoms with E-state index in [4.69, 9.17) is 0 Å². The fraction of sp³-hybridized carbons (Fsp3) is 0.889. The summed E-state index contributed by atoms with van der Waals surface area (Å²) in [4.78, 5) is 9.97. The molecule has 0 amide bonds. The van der Waals surface area contributed by atoms with Crippen LogP contribution in [0.2, 0.25) is 0 Å². The topological polar surface area (TPSA) is 43.1 Å². The lowest BCUT2D eigenvalue weighted by Gasteiger charge is -2.20. The Balaban J connectivity index is 0. The lowest BCUT2D eigenvalue weighted by Crippen LogP contribution is -2.08. The Hall–Kier alpha value is -0.370. The quantitative estimate of drug-likeness (QED) is 0.637. The van der Waals surface area contributed by atoms with Crippen molar-refractivity contribution in [3.8, 4) is 0 Å². The molecule has 0 aromatic carbocycles. The van der Waals surface area contributed by atoms with Gasteiger partial charge in [-0.1, -0.05) is 27.2 Å². The smallest absolute Gasteiger partial charge is 0.120 e. The summed E-state index contributed by atoms with van der Waals surface area (Å²) in [6, 6.07) is 0. The Morgan fingerprint density at radius 3 is 2.09 bits per heavy atom. The van der Waals surface area contributed by atoms with Crippen molar-refractivity contribution in [3.05, 3.63) is 0 Å². The Morgan fingerprint density at radius 2 is 1.82 bits per heavy atom. The van der Waals surface area contributed by atoms with Crippen LogP contribution in [-0.4, -0.2) is 13.3 Å². The molecule has 0 saturated heterocycles. The molecule has 0 bridgehead atoms. The first-order valence-corrected chi connectivity index (χ1v) is 4.14. The van der Waals surface area contributed by atoms with Gasteiger partial charge in [-0.3, -0.25) is 0 Å². The maximum absolute atomic E-state index is 9.97. The van der Waals surface area contributed by atoms with Crippen LogP contribution in [0.5, 0.6) is 0 Å². The minimum atomic E-state index is 0.362. The van der Waals surface area contributed by atoms with E-state index in [1.807, 2.05) is 0 Å². The fourth-order valence-electron chi connectivity index (χ4n) is 0.626. The van der Waals surface area contributed by atoms with Gasteiger partial charge >= 0.3 is 0 Å². The Bertz CT molecular complexity index is 89.6. The standard InChI is InChI=1S/C8H16O.CH5N/c1-4-8(2,3)6-5-7-9;1-2/h7H,4-6H2,1-3H3;2H2,1H3. The molecule has 0 unspecified atom stereocenters. The molecule has 68 valence electrons. The van der Waals surface area contributed by atoms with E-state index < -0.39 is 0 Å². The van der Waals surface area contributed by atoms with Crippen LogP contribution >= 0.6 is 0 Å². The van der Waals surface area contributed by atoms with E-state index in [0.29, 0.717) is 11.8 Å². The number of rotatable bonds is 4. The van der Waals surface area contributed by atoms with Crippen molar-refractivity contribution in [1.82, 2.24) is 0 Å². The van der Waals surface area contributed by atoms with Crippen LogP contribution in [-0.2, 0) is 4.79 Å². The second-order valence-corrected chi connectivity index (χ2v) is 3.22. The summed E-state index contributed by atoms with van der Waals surface area (Å²) in [6.07, 6.45) is 3.88. The van der Waals surface area contributed by atoms with Crippen LogP contribution in [0.3, 0.4) is 0 Å². The van der Waals surface area contributed by atoms with Crippen molar-refractivity contribution >= 4 is 6.29 Å². The van der Waals surface area contributed by atoms with Crippen molar-refractivity contribution in [3.63, 3.8) is 0 Å². The molecule has 0 heterocycles. The molecule has 0 radical (unpaired) electrons. The van der Waals surface area contributed by atoms with E-state index in [9.17, 15) is 4.79 Å². The van der Waals surface area contributed by atoms with E-state index in [0.717, 1.165) is 19.1 Å². The van der Waals surface area contributed by atoms with Crippen LogP contribution in [0, 0.1) is 5.41 Å². The van der Waals surface area contributed by atoms with Gasteiger partial charge in [0.15, 0.2) is 0 Å². The molecule has 2 N–H and O–H groups in total. The second-order valence-electron chi connectivity index (χ2n) is 3.22. The highest BCUT2D eigenvalue weighted by Gasteiger charge is 2.13. The monoisotopic (exact) mass is 159 g/mol. The summed E-state index contributed by atoms with van der Waals surface area (Å²) >= 11 is 0. The summed E-state index contributed by atoms with van der Waals surface area (Å²) in [5.41, 5.74) is 4.86. The highest BCUT2D eigenvalue weighted by atomic mass is 16.1. The molecule has 0 aromatic rings. The zero-order valence-corrected chi connectivity index (χ0v) is 8.18. The highest BCUT2D eigenvalue weighted by molar-refractivity contribution is 5.49. The summed E-state index contributed by atoms with van der Waals surface area (Å²) < 4.78 is 0. The Kier molecular flexibility index (Phi) is 9.31. The second kappa shape index (κ2) is 7.73. The number of hydrogen-bond acceptors (Lipinski definition) is 2. The average molecular weight is 159 g/mol. The summed E-state index contributed by atoms with van der Waals surface area (Å²) in [5.74, 6) is 0. The van der Waals surface area contributed by atoms with Crippen molar-refractivity contribution in [1.29, 1.82) is 0 Å². The molecule has 0 aliphatic carbocycles. The van der Waals surface area contributed by atoms with Crippen molar-refractivity contribution < 1.29 is 4.79 Å². The summed E-state index contributed by atoms with van der Waals surface area (Å²) in [6.45, 7) is 6.54. The number of carbonyl (C=O) groups is 1. The maximum atomic E-state index is 9.97. The van der Waals surface area contributed by atoms with Gasteiger partial charge in [-0.25, -0.2) is 0 Å². The lowest BCUT2D eigenvalue weighted by atomic mass is 9.85. The molecule has 2 heteroatoms. The third kappa shape index (κ3) is 9.63. The van der Waals surface area contributed by atoms with E-state index in [-0.39, 0.29) is 0 Å². The number of carbonyl (C=O) groups excluding carboxylic acids is 1. The molecule has 0 rings (SSSR count). The van der Waals surface area contributed by atoms with Gasteiger partial charge in [0.05, 0.1) is 0 Å². The van der Waals surface area contributed by atoms with Gasteiger partial charge in [-0.2, -0.15) is 0 Å². The molecule has 0 aliphatic heterocycles. The van der Waals surface area contributed by atoms with E-state index in [2.05, 4.69) is 26.5 Å². The molecule has 11 heavy (non-hydrogen) atoms. The van der Waals surface area contributed by atoms with Crippen LogP contribution in [0.25, 0.3) is 0 Å². The van der Waals surface area contributed by atoms with Gasteiger partial charge in [0.25, 0.3) is 0 Å². The molecule has 0 spiro atoms. The fourth-order valence-corrected chi connectivity index (χ4v) is 0.626. The largest absolute Gasteiger partial charge is 0.333 e. The van der Waals surface area contributed by atoms with Crippen LogP contribution in [0.1, 0.15) is 40.0 Å². The Morgan fingerprint density at radius 1 is 1.36 bits per heavy atom. The molecule has 0 atom stereocenters. The van der Waals surface area contributed by atoms with Crippen molar-refractivity contribution in [2.75, 3.05) is 7.05 Å². The summed E-state index contributed by atoms with van der Waals surface area (Å²) in [7, 11) is 1.50. The third-order valence-corrected chi connectivity index (χ3v) is 1.90. The van der Waals surface area contributed by atoms with Crippen LogP contribution in [0.4, 0.5) is 0 Å². The van der Waals surface area contributed by atoms with Crippen LogP contribution < -0.4 is 5.73 Å². The van der Waals surface area contributed by atoms with Gasteiger partial charge in [0.1, 0.15) is 6.29 Å². The van der Waals surface area contributed by atoms with Gasteiger partial charge < -0.3 is 10.5 Å². The highest BCUT2D eigenvalue weighted by Crippen LogP contribution is 2.24. The van der Waals surface area contributed by atoms with E-state index in [1.165, 1.54) is 7.05 Å². The Labute approximate surface area is 70.2 Å². The minimum absolute atomic E-state index is 0.362. The molecule has 0 saturated carbocycles. The molecular weight excluding hydrogens is 138 g/mol. The lowest BCUT2D eigenvalue weighted by molar-refractivity contribution is -0.108. The van der Waals surface area contributed by atoms with Gasteiger partial charge in [0, 0.05) is 6.42 Å². The van der Waals surface area contributed by atoms with Gasteiger partial charge in [-0.15, -0.1) is 0 Å². The normalized spacial score (nSPS) is 9.91. The number of nitrogens with two attached hydrogens (primary N) is 1. The molecule has 0 aromatic heterocycles. The van der Waals surface area contributed by atoms with Gasteiger partial charge in [0.2, 0.25) is 0 Å². The minimum Gasteiger partial charge on any atom is -0.333 e. The van der Waals surface area contributed by atoms with E-state index >= 15 is 0 Å². The SMILES string of the molecule is CCC(C)(C)CCC=O.CN. The van der Waals surface area contributed by atoms with Crippen molar-refractivity contribution in [2.45, 2.75) is 40.0 Å². The van der Waals surface area contributed by atoms with Crippen molar-refractivity contribution in [2.24, 2.45) is 11.1 Å². The maximum Gasteiger partial charge on any atom is 0.120 e. The zero-order valence-electron chi connectivity index (χ0n) is 8.18. The molecule has 0 fully saturated rings. The van der Waals surface area contributed by atoms with E-state index in [1.54, 1.807) is 0 Å². The molecular formula is C9H21NO. The average Bonchev–Trinajstić information content (AvgIpc) is 2.05. The van der Waals surface area contributed by atoms with Crippen LogP contribution in [0.15, 0.2) is 0 Å². The first-order valence-electron chi connectivity index (χ1n) is 4.14. The number of aldehydes is 1. The first-order chi connectivity index (χ1) is 5.12. The molecule has 0 aliphatic rings. The number of hydrogen-bond donors (Lipinski definition) is 1. The molecule has 2 nitrogen and oxygen atoms in total. The van der Waals surface area contributed by atoms with Gasteiger partial charge in [-0.05, 0) is 18.9 Å². The summed E-state index contributed by atoms with van der Waals surface area (Å²) in [5, 5.41) is 0. The zero-order chi connectivity index (χ0) is 9.33. The first kappa shape index (κ1) is 13.2.